The Kier molecular flexibility index (Phi) is 3.47. The Hall–Kier alpha value is -1.84. The topological polar surface area (TPSA) is 55.4 Å². The second kappa shape index (κ2) is 5.27. The molecule has 4 heteroatoms. The molecule has 1 N–H and O–H groups in total. The average Bonchev–Trinajstić information content (AvgIpc) is 3.03. The number of hydrogen-bond donors (Lipinski definition) is 1. The average molecular weight is 273 g/mol. The Labute approximate surface area is 118 Å². The predicted octanol–water partition coefficient (Wildman–Crippen LogP) is 2.21. The van der Waals surface area contributed by atoms with Crippen LogP contribution in [0.5, 0.6) is 5.75 Å². The highest BCUT2D eigenvalue weighted by molar-refractivity contribution is 6.02. The summed E-state index contributed by atoms with van der Waals surface area (Å²) in [5.74, 6) is 1.45. The van der Waals surface area contributed by atoms with Crippen LogP contribution in [-0.4, -0.2) is 24.8 Å². The van der Waals surface area contributed by atoms with Gasteiger partial charge in [0.15, 0.2) is 5.78 Å². The van der Waals surface area contributed by atoms with Crippen molar-refractivity contribution in [1.29, 1.82) is 0 Å². The van der Waals surface area contributed by atoms with Gasteiger partial charge in [0.1, 0.15) is 5.75 Å². The molecule has 1 heterocycles. The monoisotopic (exact) mass is 273 g/mol. The van der Waals surface area contributed by atoms with Gasteiger partial charge in [0, 0.05) is 36.9 Å². The Balaban J connectivity index is 1.78. The molecule has 0 aromatic heterocycles. The highest BCUT2D eigenvalue weighted by Crippen LogP contribution is 2.42. The molecule has 0 saturated heterocycles. The number of hydrogen-bond acceptors (Lipinski definition) is 3. The summed E-state index contributed by atoms with van der Waals surface area (Å²) in [6.07, 6.45) is 2.78. The maximum atomic E-state index is 12.1. The van der Waals surface area contributed by atoms with Crippen LogP contribution in [0, 0.1) is 0 Å². The van der Waals surface area contributed by atoms with Crippen LogP contribution in [0.3, 0.4) is 0 Å². The lowest BCUT2D eigenvalue weighted by Gasteiger charge is -2.14. The summed E-state index contributed by atoms with van der Waals surface area (Å²) in [5, 5.41) is 2.89. The van der Waals surface area contributed by atoms with Crippen molar-refractivity contribution in [2.45, 2.75) is 38.5 Å². The van der Waals surface area contributed by atoms with Crippen LogP contribution in [0.15, 0.2) is 12.1 Å². The van der Waals surface area contributed by atoms with E-state index in [0.29, 0.717) is 26.0 Å². The third-order valence-electron chi connectivity index (χ3n) is 4.20. The molecule has 1 atom stereocenters. The van der Waals surface area contributed by atoms with Crippen molar-refractivity contribution in [3.63, 3.8) is 0 Å². The molecule has 2 aliphatic rings. The van der Waals surface area contributed by atoms with E-state index in [0.717, 1.165) is 24.2 Å². The van der Waals surface area contributed by atoms with E-state index in [1.807, 2.05) is 19.1 Å². The Morgan fingerprint density at radius 3 is 3.10 bits per heavy atom. The van der Waals surface area contributed by atoms with Crippen molar-refractivity contribution in [3.8, 4) is 5.75 Å². The van der Waals surface area contributed by atoms with Crippen LogP contribution in [0.1, 0.15) is 53.6 Å². The van der Waals surface area contributed by atoms with Crippen LogP contribution < -0.4 is 10.1 Å². The molecule has 0 fully saturated rings. The largest absolute Gasteiger partial charge is 0.493 e. The molecule has 1 amide bonds. The van der Waals surface area contributed by atoms with Crippen molar-refractivity contribution < 1.29 is 14.3 Å². The van der Waals surface area contributed by atoms with Gasteiger partial charge < -0.3 is 10.1 Å². The highest BCUT2D eigenvalue weighted by atomic mass is 16.5. The quantitative estimate of drug-likeness (QED) is 0.915. The summed E-state index contributed by atoms with van der Waals surface area (Å²) in [7, 11) is 0. The minimum absolute atomic E-state index is 0.0659. The SMILES string of the molecule is CCC(=O)NCC[C@@H]1CC(=O)c2ccc3c(c21)CCO3. The summed E-state index contributed by atoms with van der Waals surface area (Å²) < 4.78 is 5.59. The molecule has 106 valence electrons. The lowest BCUT2D eigenvalue weighted by molar-refractivity contribution is -0.120. The number of amides is 1. The fraction of sp³-hybridized carbons (Fsp3) is 0.500. The second-order valence-electron chi connectivity index (χ2n) is 5.42. The zero-order valence-corrected chi connectivity index (χ0v) is 11.7. The summed E-state index contributed by atoms with van der Waals surface area (Å²) in [6.45, 7) is 3.18. The first-order valence-corrected chi connectivity index (χ1v) is 7.29. The van der Waals surface area contributed by atoms with Crippen LogP contribution >= 0.6 is 0 Å². The molecule has 0 spiro atoms. The lowest BCUT2D eigenvalue weighted by Crippen LogP contribution is -2.24. The molecule has 0 bridgehead atoms. The third kappa shape index (κ3) is 2.19. The normalized spacial score (nSPS) is 19.4. The number of rotatable bonds is 4. The summed E-state index contributed by atoms with van der Waals surface area (Å²) in [5.41, 5.74) is 3.25. The molecule has 1 aromatic rings. The van der Waals surface area contributed by atoms with E-state index in [4.69, 9.17) is 4.74 Å². The molecule has 0 radical (unpaired) electrons. The summed E-state index contributed by atoms with van der Waals surface area (Å²) >= 11 is 0. The minimum atomic E-state index is 0.0659. The van der Waals surface area contributed by atoms with Gasteiger partial charge in [0.2, 0.25) is 5.91 Å². The van der Waals surface area contributed by atoms with Gasteiger partial charge in [-0.05, 0) is 30.0 Å². The molecule has 0 saturated carbocycles. The van der Waals surface area contributed by atoms with Gasteiger partial charge in [-0.15, -0.1) is 0 Å². The number of fused-ring (bicyclic) bond motifs is 3. The smallest absolute Gasteiger partial charge is 0.219 e. The second-order valence-corrected chi connectivity index (χ2v) is 5.42. The fourth-order valence-electron chi connectivity index (χ4n) is 3.20. The highest BCUT2D eigenvalue weighted by Gasteiger charge is 2.34. The van der Waals surface area contributed by atoms with E-state index in [1.54, 1.807) is 0 Å². The zero-order chi connectivity index (χ0) is 14.1. The first kappa shape index (κ1) is 13.2. The number of Topliss-reactive ketones (excluding diaryl/α,β-unsaturated/α-hetero) is 1. The van der Waals surface area contributed by atoms with Crippen molar-refractivity contribution in [3.05, 3.63) is 28.8 Å². The standard InChI is InChI=1S/C16H19NO3/c1-2-15(19)17-7-5-10-9-13(18)11-3-4-14-12(16(10)11)6-8-20-14/h3-4,10H,2,5-9H2,1H3,(H,17,19)/t10-/m1/s1. The lowest BCUT2D eigenvalue weighted by atomic mass is 9.92. The molecule has 3 rings (SSSR count). The van der Waals surface area contributed by atoms with Gasteiger partial charge in [-0.3, -0.25) is 9.59 Å². The first-order chi connectivity index (χ1) is 9.70. The molecule has 1 aromatic carbocycles. The molecular formula is C16H19NO3. The van der Waals surface area contributed by atoms with Crippen LogP contribution in [0.4, 0.5) is 0 Å². The van der Waals surface area contributed by atoms with Crippen molar-refractivity contribution in [2.75, 3.05) is 13.2 Å². The van der Waals surface area contributed by atoms with Gasteiger partial charge in [-0.25, -0.2) is 0 Å². The Morgan fingerprint density at radius 2 is 2.30 bits per heavy atom. The number of ether oxygens (including phenoxy) is 1. The number of nitrogens with one attached hydrogen (secondary N) is 1. The van der Waals surface area contributed by atoms with E-state index in [2.05, 4.69) is 5.32 Å². The minimum Gasteiger partial charge on any atom is -0.493 e. The van der Waals surface area contributed by atoms with Crippen LogP contribution in [0.25, 0.3) is 0 Å². The summed E-state index contributed by atoms with van der Waals surface area (Å²) in [6, 6.07) is 3.81. The maximum Gasteiger partial charge on any atom is 0.219 e. The molecule has 1 aliphatic heterocycles. The number of benzene rings is 1. The Morgan fingerprint density at radius 1 is 1.45 bits per heavy atom. The molecule has 20 heavy (non-hydrogen) atoms. The van der Waals surface area contributed by atoms with Crippen LogP contribution in [0.2, 0.25) is 0 Å². The van der Waals surface area contributed by atoms with E-state index in [-0.39, 0.29) is 17.6 Å². The van der Waals surface area contributed by atoms with Gasteiger partial charge >= 0.3 is 0 Å². The first-order valence-electron chi connectivity index (χ1n) is 7.29. The van der Waals surface area contributed by atoms with E-state index in [1.165, 1.54) is 11.1 Å². The van der Waals surface area contributed by atoms with E-state index in [9.17, 15) is 9.59 Å². The molecule has 1 aliphatic carbocycles. The molecule has 4 nitrogen and oxygen atoms in total. The fourth-order valence-corrected chi connectivity index (χ4v) is 3.20. The van der Waals surface area contributed by atoms with Gasteiger partial charge in [-0.1, -0.05) is 6.92 Å². The summed E-state index contributed by atoms with van der Waals surface area (Å²) in [4.78, 5) is 23.4. The molecular weight excluding hydrogens is 254 g/mol. The van der Waals surface area contributed by atoms with Gasteiger partial charge in [0.25, 0.3) is 0 Å². The number of ketones is 1. The van der Waals surface area contributed by atoms with Crippen molar-refractivity contribution in [2.24, 2.45) is 0 Å². The third-order valence-corrected chi connectivity index (χ3v) is 4.20. The van der Waals surface area contributed by atoms with Crippen molar-refractivity contribution in [1.82, 2.24) is 5.32 Å². The van der Waals surface area contributed by atoms with E-state index < -0.39 is 0 Å². The Bertz CT molecular complexity index is 565. The number of carbonyl (C=O) groups excluding carboxylic acids is 2. The van der Waals surface area contributed by atoms with E-state index >= 15 is 0 Å². The molecule has 0 unspecified atom stereocenters. The predicted molar refractivity (Wildman–Crippen MR) is 75.2 cm³/mol. The number of carbonyl (C=O) groups is 2. The van der Waals surface area contributed by atoms with Crippen molar-refractivity contribution >= 4 is 11.7 Å². The van der Waals surface area contributed by atoms with Gasteiger partial charge in [0.05, 0.1) is 6.61 Å². The van der Waals surface area contributed by atoms with Gasteiger partial charge in [-0.2, -0.15) is 0 Å². The zero-order valence-electron chi connectivity index (χ0n) is 11.7. The maximum absolute atomic E-state index is 12.1. The van der Waals surface area contributed by atoms with Crippen LogP contribution in [-0.2, 0) is 11.2 Å².